The van der Waals surface area contributed by atoms with Crippen molar-refractivity contribution in [2.75, 3.05) is 20.1 Å². The average molecular weight is 396 g/mol. The van der Waals surface area contributed by atoms with Crippen LogP contribution in [0.15, 0.2) is 28.4 Å². The van der Waals surface area contributed by atoms with Gasteiger partial charge in [-0.25, -0.2) is 4.98 Å². The first-order valence-corrected chi connectivity index (χ1v) is 11.2. The Labute approximate surface area is 170 Å². The molecule has 0 bridgehead atoms. The van der Waals surface area contributed by atoms with Gasteiger partial charge in [-0.1, -0.05) is 30.7 Å². The van der Waals surface area contributed by atoms with Gasteiger partial charge in [-0.05, 0) is 64.4 Å². The smallest absolute Gasteiger partial charge is 0.263 e. The lowest BCUT2D eigenvalue weighted by molar-refractivity contribution is 0.215. The van der Waals surface area contributed by atoms with Crippen LogP contribution in [0.4, 0.5) is 0 Å². The van der Waals surface area contributed by atoms with Gasteiger partial charge in [0.2, 0.25) is 0 Å². The summed E-state index contributed by atoms with van der Waals surface area (Å²) in [5.41, 5.74) is 4.79. The number of rotatable bonds is 4. The number of benzene rings is 1. The third-order valence-corrected chi connectivity index (χ3v) is 6.78. The number of hydrogen-bond donors (Lipinski definition) is 0. The molecule has 0 atom stereocenters. The first-order chi connectivity index (χ1) is 13.5. The summed E-state index contributed by atoms with van der Waals surface area (Å²) in [6.07, 6.45) is 3.89. The molecule has 0 aliphatic carbocycles. The fourth-order valence-corrected chi connectivity index (χ4v) is 5.34. The molecule has 0 amide bonds. The topological polar surface area (TPSA) is 38.1 Å². The maximum Gasteiger partial charge on any atom is 0.263 e. The highest BCUT2D eigenvalue weighted by Crippen LogP contribution is 2.34. The maximum atomic E-state index is 13.8. The van der Waals surface area contributed by atoms with Crippen molar-refractivity contribution in [1.29, 1.82) is 0 Å². The van der Waals surface area contributed by atoms with E-state index in [1.165, 1.54) is 11.1 Å². The monoisotopic (exact) mass is 395 g/mol. The highest BCUT2D eigenvalue weighted by atomic mass is 32.1. The SMILES string of the molecule is CCCc1nc2scc(-c3ccc(C)cc3C)c2c(=O)n1C1CCN(C)CC1. The Hall–Kier alpha value is -1.98. The normalized spacial score (nSPS) is 16.1. The Morgan fingerprint density at radius 1 is 1.18 bits per heavy atom. The second-order valence-corrected chi connectivity index (χ2v) is 8.99. The maximum absolute atomic E-state index is 13.8. The number of likely N-dealkylation sites (tertiary alicyclic amines) is 1. The number of hydrogen-bond acceptors (Lipinski definition) is 4. The molecule has 4 rings (SSSR count). The van der Waals surface area contributed by atoms with E-state index in [0.717, 1.165) is 65.9 Å². The van der Waals surface area contributed by atoms with E-state index in [0.29, 0.717) is 0 Å². The van der Waals surface area contributed by atoms with E-state index in [2.05, 4.69) is 56.3 Å². The predicted molar refractivity (Wildman–Crippen MR) is 119 cm³/mol. The van der Waals surface area contributed by atoms with E-state index < -0.39 is 0 Å². The van der Waals surface area contributed by atoms with Crippen LogP contribution >= 0.6 is 11.3 Å². The lowest BCUT2D eigenvalue weighted by Crippen LogP contribution is -2.37. The Morgan fingerprint density at radius 3 is 2.61 bits per heavy atom. The van der Waals surface area contributed by atoms with Gasteiger partial charge in [0.05, 0.1) is 5.39 Å². The van der Waals surface area contributed by atoms with Gasteiger partial charge in [-0.2, -0.15) is 0 Å². The minimum absolute atomic E-state index is 0.152. The minimum Gasteiger partial charge on any atom is -0.306 e. The number of piperidine rings is 1. The lowest BCUT2D eigenvalue weighted by atomic mass is 9.99. The van der Waals surface area contributed by atoms with Gasteiger partial charge in [0.25, 0.3) is 5.56 Å². The zero-order valence-corrected chi connectivity index (χ0v) is 18.1. The van der Waals surface area contributed by atoms with Crippen molar-refractivity contribution in [3.8, 4) is 11.1 Å². The van der Waals surface area contributed by atoms with Crippen LogP contribution in [0.5, 0.6) is 0 Å². The fourth-order valence-electron chi connectivity index (χ4n) is 4.39. The molecule has 0 unspecified atom stereocenters. The Kier molecular flexibility index (Phi) is 5.39. The van der Waals surface area contributed by atoms with Gasteiger partial charge in [0, 0.05) is 23.4 Å². The van der Waals surface area contributed by atoms with Crippen LogP contribution in [-0.2, 0) is 6.42 Å². The van der Waals surface area contributed by atoms with Crippen LogP contribution in [0, 0.1) is 13.8 Å². The third-order valence-electron chi connectivity index (χ3n) is 5.91. The molecule has 1 aliphatic heterocycles. The molecular formula is C23H29N3OS. The number of aryl methyl sites for hydroxylation is 3. The first-order valence-electron chi connectivity index (χ1n) is 10.3. The van der Waals surface area contributed by atoms with Gasteiger partial charge >= 0.3 is 0 Å². The van der Waals surface area contributed by atoms with Crippen molar-refractivity contribution >= 4 is 21.6 Å². The van der Waals surface area contributed by atoms with Crippen molar-refractivity contribution in [1.82, 2.24) is 14.5 Å². The van der Waals surface area contributed by atoms with Gasteiger partial charge in [0.1, 0.15) is 10.7 Å². The minimum atomic E-state index is 0.152. The largest absolute Gasteiger partial charge is 0.306 e. The molecule has 3 aromatic rings. The Balaban J connectivity index is 1.91. The van der Waals surface area contributed by atoms with Crippen molar-refractivity contribution in [2.45, 2.75) is 52.5 Å². The van der Waals surface area contributed by atoms with Crippen LogP contribution < -0.4 is 5.56 Å². The molecule has 3 heterocycles. The number of aromatic nitrogens is 2. The van der Waals surface area contributed by atoms with Crippen molar-refractivity contribution in [3.63, 3.8) is 0 Å². The standard InChI is InChI=1S/C23H29N3OS/c1-5-6-20-24-22-21(23(27)26(20)17-9-11-25(4)12-10-17)19(14-28-22)18-8-7-15(2)13-16(18)3/h7-8,13-14,17H,5-6,9-12H2,1-4H3. The summed E-state index contributed by atoms with van der Waals surface area (Å²) in [6, 6.07) is 6.72. The summed E-state index contributed by atoms with van der Waals surface area (Å²) < 4.78 is 2.04. The van der Waals surface area contributed by atoms with Crippen molar-refractivity contribution in [2.24, 2.45) is 0 Å². The van der Waals surface area contributed by atoms with Gasteiger partial charge in [-0.3, -0.25) is 9.36 Å². The summed E-state index contributed by atoms with van der Waals surface area (Å²) >= 11 is 1.60. The number of fused-ring (bicyclic) bond motifs is 1. The van der Waals surface area contributed by atoms with Crippen LogP contribution in [0.25, 0.3) is 21.3 Å². The molecule has 2 aromatic heterocycles. The molecular weight excluding hydrogens is 366 g/mol. The molecule has 5 heteroatoms. The highest BCUT2D eigenvalue weighted by Gasteiger charge is 2.25. The number of nitrogens with zero attached hydrogens (tertiary/aromatic N) is 3. The highest BCUT2D eigenvalue weighted by molar-refractivity contribution is 7.17. The van der Waals surface area contributed by atoms with E-state index >= 15 is 0 Å². The van der Waals surface area contributed by atoms with Crippen molar-refractivity contribution < 1.29 is 0 Å². The van der Waals surface area contributed by atoms with E-state index in [1.54, 1.807) is 11.3 Å². The Bertz CT molecular complexity index is 1060. The quantitative estimate of drug-likeness (QED) is 0.626. The second kappa shape index (κ2) is 7.80. The molecule has 1 saturated heterocycles. The fraction of sp³-hybridized carbons (Fsp3) is 0.478. The van der Waals surface area contributed by atoms with Crippen LogP contribution in [-0.4, -0.2) is 34.6 Å². The van der Waals surface area contributed by atoms with Crippen LogP contribution in [0.2, 0.25) is 0 Å². The molecule has 0 saturated carbocycles. The Morgan fingerprint density at radius 2 is 1.93 bits per heavy atom. The molecule has 0 radical (unpaired) electrons. The molecule has 0 N–H and O–H groups in total. The van der Waals surface area contributed by atoms with E-state index in [1.807, 2.05) is 4.57 Å². The molecule has 148 valence electrons. The predicted octanol–water partition coefficient (Wildman–Crippen LogP) is 4.96. The average Bonchev–Trinajstić information content (AvgIpc) is 3.07. The molecule has 1 aliphatic rings. The first kappa shape index (κ1) is 19.3. The summed E-state index contributed by atoms with van der Waals surface area (Å²) in [5.74, 6) is 0.962. The van der Waals surface area contributed by atoms with Gasteiger partial charge in [0.15, 0.2) is 0 Å². The zero-order valence-electron chi connectivity index (χ0n) is 17.3. The molecule has 1 aromatic carbocycles. The van der Waals surface area contributed by atoms with Crippen molar-refractivity contribution in [3.05, 3.63) is 50.9 Å². The van der Waals surface area contributed by atoms with E-state index in [-0.39, 0.29) is 11.6 Å². The second-order valence-electron chi connectivity index (χ2n) is 8.14. The number of thiophene rings is 1. The summed E-state index contributed by atoms with van der Waals surface area (Å²) in [7, 11) is 2.16. The van der Waals surface area contributed by atoms with E-state index in [4.69, 9.17) is 4.98 Å². The molecule has 28 heavy (non-hydrogen) atoms. The zero-order chi connectivity index (χ0) is 19.8. The summed E-state index contributed by atoms with van der Waals surface area (Å²) in [4.78, 5) is 22.0. The van der Waals surface area contributed by atoms with Crippen LogP contribution in [0.1, 0.15) is 49.2 Å². The summed E-state index contributed by atoms with van der Waals surface area (Å²) in [6.45, 7) is 8.46. The molecule has 0 spiro atoms. The molecule has 4 nitrogen and oxygen atoms in total. The van der Waals surface area contributed by atoms with Gasteiger partial charge in [-0.15, -0.1) is 11.3 Å². The van der Waals surface area contributed by atoms with Gasteiger partial charge < -0.3 is 4.90 Å². The lowest BCUT2D eigenvalue weighted by Gasteiger charge is -2.31. The van der Waals surface area contributed by atoms with Crippen LogP contribution in [0.3, 0.4) is 0 Å². The molecule has 1 fully saturated rings. The van der Waals surface area contributed by atoms with E-state index in [9.17, 15) is 4.79 Å². The third kappa shape index (κ3) is 3.42. The summed E-state index contributed by atoms with van der Waals surface area (Å²) in [5, 5.41) is 2.92.